The highest BCUT2D eigenvalue weighted by atomic mass is 15.4. The van der Waals surface area contributed by atoms with E-state index in [0.717, 1.165) is 18.4 Å². The molecule has 0 aromatic rings. The molecule has 0 bridgehead atoms. The van der Waals surface area contributed by atoms with Crippen LogP contribution in [-0.2, 0) is 0 Å². The number of allylic oxidation sites excluding steroid dienone is 6. The standard InChI is InChI=1S/C23H34N2/c1-3-17-24-18(2)25(23-12-8-7-11-22(23)24)21-15-13-20(14-16-21)19-9-5-4-6-10-19/h7,11,13,15-16,18-20H,3-6,8-10,12,14,17H2,1-2H3. The fourth-order valence-corrected chi connectivity index (χ4v) is 5.35. The monoisotopic (exact) mass is 338 g/mol. The Labute approximate surface area is 154 Å². The molecular formula is C23H34N2. The van der Waals surface area contributed by atoms with Gasteiger partial charge in [0.2, 0.25) is 0 Å². The Morgan fingerprint density at radius 1 is 1.12 bits per heavy atom. The number of hydrogen-bond donors (Lipinski definition) is 0. The van der Waals surface area contributed by atoms with Crippen LogP contribution < -0.4 is 0 Å². The molecule has 136 valence electrons. The summed E-state index contributed by atoms with van der Waals surface area (Å²) in [5, 5.41) is 0. The predicted molar refractivity (Wildman–Crippen MR) is 106 cm³/mol. The van der Waals surface area contributed by atoms with E-state index in [9.17, 15) is 0 Å². The predicted octanol–water partition coefficient (Wildman–Crippen LogP) is 5.96. The molecule has 3 aliphatic carbocycles. The first-order valence-electron chi connectivity index (χ1n) is 10.6. The van der Waals surface area contributed by atoms with Gasteiger partial charge in [0.25, 0.3) is 0 Å². The number of rotatable bonds is 4. The van der Waals surface area contributed by atoms with Crippen LogP contribution in [-0.4, -0.2) is 22.5 Å². The van der Waals surface area contributed by atoms with Crippen LogP contribution in [0.4, 0.5) is 0 Å². The first-order valence-corrected chi connectivity index (χ1v) is 10.6. The summed E-state index contributed by atoms with van der Waals surface area (Å²) in [4.78, 5) is 5.23. The Bertz CT molecular complexity index is 604. The van der Waals surface area contributed by atoms with Crippen molar-refractivity contribution in [2.24, 2.45) is 11.8 Å². The quantitative estimate of drug-likeness (QED) is 0.624. The van der Waals surface area contributed by atoms with Crippen molar-refractivity contribution in [2.75, 3.05) is 6.54 Å². The van der Waals surface area contributed by atoms with Gasteiger partial charge in [0.05, 0.1) is 5.70 Å². The molecular weight excluding hydrogens is 304 g/mol. The van der Waals surface area contributed by atoms with Crippen LogP contribution in [0.2, 0.25) is 0 Å². The van der Waals surface area contributed by atoms with Gasteiger partial charge in [-0.25, -0.2) is 0 Å². The zero-order valence-electron chi connectivity index (χ0n) is 16.1. The lowest BCUT2D eigenvalue weighted by Crippen LogP contribution is -2.38. The zero-order chi connectivity index (χ0) is 17.2. The molecule has 0 spiro atoms. The molecule has 1 heterocycles. The Morgan fingerprint density at radius 3 is 2.68 bits per heavy atom. The van der Waals surface area contributed by atoms with Crippen molar-refractivity contribution in [1.29, 1.82) is 0 Å². The van der Waals surface area contributed by atoms with Gasteiger partial charge in [-0.1, -0.05) is 44.4 Å². The smallest absolute Gasteiger partial charge is 0.103 e. The summed E-state index contributed by atoms with van der Waals surface area (Å²) in [5.74, 6) is 1.72. The van der Waals surface area contributed by atoms with Crippen LogP contribution in [0.25, 0.3) is 0 Å². The maximum atomic E-state index is 2.63. The molecule has 0 saturated heterocycles. The third-order valence-electron chi connectivity index (χ3n) is 6.66. The lowest BCUT2D eigenvalue weighted by atomic mass is 9.77. The summed E-state index contributed by atoms with van der Waals surface area (Å²) in [6.45, 7) is 5.82. The van der Waals surface area contributed by atoms with E-state index in [1.165, 1.54) is 69.2 Å². The third-order valence-corrected chi connectivity index (χ3v) is 6.66. The number of nitrogens with zero attached hydrogens (tertiary/aromatic N) is 2. The van der Waals surface area contributed by atoms with Gasteiger partial charge in [-0.15, -0.1) is 0 Å². The van der Waals surface area contributed by atoms with E-state index in [1.807, 2.05) is 0 Å². The summed E-state index contributed by atoms with van der Waals surface area (Å²) in [6.07, 6.45) is 24.8. The maximum absolute atomic E-state index is 2.63. The highest BCUT2D eigenvalue weighted by molar-refractivity contribution is 5.39. The van der Waals surface area contributed by atoms with Crippen LogP contribution >= 0.6 is 0 Å². The fourth-order valence-electron chi connectivity index (χ4n) is 5.35. The second-order valence-electron chi connectivity index (χ2n) is 8.25. The molecule has 0 amide bonds. The normalized spacial score (nSPS) is 30.1. The van der Waals surface area contributed by atoms with Gasteiger partial charge in [0.1, 0.15) is 6.17 Å². The van der Waals surface area contributed by atoms with Crippen molar-refractivity contribution in [3.05, 3.63) is 47.5 Å². The van der Waals surface area contributed by atoms with Gasteiger partial charge in [-0.2, -0.15) is 0 Å². The molecule has 0 radical (unpaired) electrons. The summed E-state index contributed by atoms with van der Waals surface area (Å²) in [6, 6.07) is 0. The number of hydrogen-bond acceptors (Lipinski definition) is 2. The Hall–Kier alpha value is -1.44. The maximum Gasteiger partial charge on any atom is 0.103 e. The van der Waals surface area contributed by atoms with E-state index in [4.69, 9.17) is 0 Å². The molecule has 0 N–H and O–H groups in total. The molecule has 2 atom stereocenters. The van der Waals surface area contributed by atoms with Gasteiger partial charge in [-0.3, -0.25) is 0 Å². The molecule has 0 aromatic carbocycles. The fraction of sp³-hybridized carbons (Fsp3) is 0.652. The minimum Gasteiger partial charge on any atom is -0.350 e. The van der Waals surface area contributed by atoms with Gasteiger partial charge < -0.3 is 9.80 Å². The van der Waals surface area contributed by atoms with Gasteiger partial charge in [0, 0.05) is 17.9 Å². The molecule has 1 saturated carbocycles. The Kier molecular flexibility index (Phi) is 5.05. The zero-order valence-corrected chi connectivity index (χ0v) is 16.1. The lowest BCUT2D eigenvalue weighted by molar-refractivity contribution is 0.188. The molecule has 0 aromatic heterocycles. The first-order chi connectivity index (χ1) is 12.3. The highest BCUT2D eigenvalue weighted by Gasteiger charge is 2.36. The van der Waals surface area contributed by atoms with Crippen molar-refractivity contribution in [1.82, 2.24) is 9.80 Å². The van der Waals surface area contributed by atoms with Crippen LogP contribution in [0.1, 0.15) is 71.6 Å². The van der Waals surface area contributed by atoms with Gasteiger partial charge in [-0.05, 0) is 69.4 Å². The molecule has 25 heavy (non-hydrogen) atoms. The van der Waals surface area contributed by atoms with E-state index in [-0.39, 0.29) is 0 Å². The average Bonchev–Trinajstić information content (AvgIpc) is 2.95. The van der Waals surface area contributed by atoms with Crippen molar-refractivity contribution in [3.63, 3.8) is 0 Å². The SMILES string of the molecule is CCCN1C2=C(CCC=C2)N(C2=CCC(C3CCCCC3)C=C2)C1C. The second kappa shape index (κ2) is 7.43. The minimum atomic E-state index is 0.454. The van der Waals surface area contributed by atoms with Crippen molar-refractivity contribution in [2.45, 2.75) is 77.8 Å². The van der Waals surface area contributed by atoms with Crippen molar-refractivity contribution < 1.29 is 0 Å². The highest BCUT2D eigenvalue weighted by Crippen LogP contribution is 2.41. The van der Waals surface area contributed by atoms with Gasteiger partial charge in [0.15, 0.2) is 0 Å². The molecule has 2 unspecified atom stereocenters. The van der Waals surface area contributed by atoms with E-state index in [1.54, 1.807) is 5.70 Å². The molecule has 1 fully saturated rings. The van der Waals surface area contributed by atoms with Crippen molar-refractivity contribution >= 4 is 0 Å². The Balaban J connectivity index is 1.51. The molecule has 2 heteroatoms. The van der Waals surface area contributed by atoms with E-state index in [2.05, 4.69) is 54.0 Å². The van der Waals surface area contributed by atoms with E-state index < -0.39 is 0 Å². The van der Waals surface area contributed by atoms with E-state index in [0.29, 0.717) is 6.17 Å². The van der Waals surface area contributed by atoms with E-state index >= 15 is 0 Å². The summed E-state index contributed by atoms with van der Waals surface area (Å²) < 4.78 is 0. The van der Waals surface area contributed by atoms with Gasteiger partial charge >= 0.3 is 0 Å². The largest absolute Gasteiger partial charge is 0.350 e. The molecule has 1 aliphatic heterocycles. The summed E-state index contributed by atoms with van der Waals surface area (Å²) in [7, 11) is 0. The second-order valence-corrected chi connectivity index (χ2v) is 8.25. The average molecular weight is 339 g/mol. The van der Waals surface area contributed by atoms with Crippen LogP contribution in [0.5, 0.6) is 0 Å². The van der Waals surface area contributed by atoms with Crippen LogP contribution in [0.15, 0.2) is 47.5 Å². The molecule has 4 rings (SSSR count). The Morgan fingerprint density at radius 2 is 1.96 bits per heavy atom. The first kappa shape index (κ1) is 17.0. The third kappa shape index (κ3) is 3.20. The lowest BCUT2D eigenvalue weighted by Gasteiger charge is -2.35. The topological polar surface area (TPSA) is 6.48 Å². The minimum absolute atomic E-state index is 0.454. The summed E-state index contributed by atoms with van der Waals surface area (Å²) >= 11 is 0. The van der Waals surface area contributed by atoms with Crippen LogP contribution in [0, 0.1) is 11.8 Å². The van der Waals surface area contributed by atoms with Crippen LogP contribution in [0.3, 0.4) is 0 Å². The molecule has 4 aliphatic rings. The van der Waals surface area contributed by atoms with Crippen molar-refractivity contribution in [3.8, 4) is 0 Å². The summed E-state index contributed by atoms with van der Waals surface area (Å²) in [5.41, 5.74) is 4.47. The molecule has 2 nitrogen and oxygen atoms in total.